The molecule has 0 unspecified atom stereocenters. The summed E-state index contributed by atoms with van der Waals surface area (Å²) < 4.78 is 2.87. The minimum atomic E-state index is -1.21. The van der Waals surface area contributed by atoms with Gasteiger partial charge in [0, 0.05) is 0 Å². The zero-order valence-corrected chi connectivity index (χ0v) is 16.4. The second-order valence-corrected chi connectivity index (χ2v) is 16.8. The molecular formula is C16H37NSi2. The Bertz CT molecular complexity index is 241. The van der Waals surface area contributed by atoms with Gasteiger partial charge in [0.25, 0.3) is 0 Å². The standard InChI is InChI=1S/C16H37NSi2/c1-8-11-13-17(14-12-9-2)19(6,7)16-15-18(4,5)10-3/h10H,3,8-9,11-16H2,1-2,4-7H3. The molecule has 0 aromatic heterocycles. The first-order valence-electron chi connectivity index (χ1n) is 8.17. The van der Waals surface area contributed by atoms with Crippen molar-refractivity contribution in [3.8, 4) is 0 Å². The molecule has 0 saturated carbocycles. The number of hydrogen-bond donors (Lipinski definition) is 0. The van der Waals surface area contributed by atoms with E-state index in [9.17, 15) is 0 Å². The lowest BCUT2D eigenvalue weighted by Gasteiger charge is -2.38. The zero-order chi connectivity index (χ0) is 14.9. The third-order valence-electron chi connectivity index (χ3n) is 4.35. The molecule has 1 nitrogen and oxygen atoms in total. The molecule has 0 aliphatic carbocycles. The molecule has 0 N–H and O–H groups in total. The lowest BCUT2D eigenvalue weighted by molar-refractivity contribution is 0.399. The fourth-order valence-electron chi connectivity index (χ4n) is 2.30. The van der Waals surface area contributed by atoms with Crippen LogP contribution in [0, 0.1) is 0 Å². The molecule has 0 aromatic rings. The minimum Gasteiger partial charge on any atom is -0.324 e. The van der Waals surface area contributed by atoms with E-state index in [1.165, 1.54) is 50.9 Å². The fraction of sp³-hybridized carbons (Fsp3) is 0.875. The number of rotatable bonds is 11. The first-order chi connectivity index (χ1) is 8.79. The van der Waals surface area contributed by atoms with E-state index in [4.69, 9.17) is 0 Å². The Balaban J connectivity index is 4.52. The van der Waals surface area contributed by atoms with Gasteiger partial charge in [0.15, 0.2) is 0 Å². The van der Waals surface area contributed by atoms with Gasteiger partial charge in [-0.1, -0.05) is 58.9 Å². The maximum absolute atomic E-state index is 4.04. The largest absolute Gasteiger partial charge is 0.324 e. The van der Waals surface area contributed by atoms with Gasteiger partial charge >= 0.3 is 0 Å². The molecule has 114 valence electrons. The van der Waals surface area contributed by atoms with Crippen molar-refractivity contribution >= 4 is 16.3 Å². The molecule has 0 heterocycles. The Hall–Kier alpha value is 0.134. The molecule has 0 spiro atoms. The maximum Gasteiger partial charge on any atom is 0.121 e. The van der Waals surface area contributed by atoms with E-state index >= 15 is 0 Å². The van der Waals surface area contributed by atoms with Gasteiger partial charge < -0.3 is 4.57 Å². The Labute approximate surface area is 124 Å². The van der Waals surface area contributed by atoms with Gasteiger partial charge in [-0.2, -0.15) is 0 Å². The summed E-state index contributed by atoms with van der Waals surface area (Å²) >= 11 is 0. The molecule has 19 heavy (non-hydrogen) atoms. The topological polar surface area (TPSA) is 3.24 Å². The summed E-state index contributed by atoms with van der Waals surface area (Å²) in [5.74, 6) is 0. The summed E-state index contributed by atoms with van der Waals surface area (Å²) in [5.41, 5.74) is 2.26. The molecule has 0 aliphatic heterocycles. The lowest BCUT2D eigenvalue weighted by atomic mass is 10.3. The van der Waals surface area contributed by atoms with E-state index < -0.39 is 16.3 Å². The molecule has 0 rings (SSSR count). The van der Waals surface area contributed by atoms with Crippen LogP contribution in [0.1, 0.15) is 39.5 Å². The van der Waals surface area contributed by atoms with Crippen LogP contribution in [0.25, 0.3) is 0 Å². The monoisotopic (exact) mass is 299 g/mol. The average Bonchev–Trinajstić information content (AvgIpc) is 2.36. The van der Waals surface area contributed by atoms with Crippen LogP contribution in [-0.4, -0.2) is 34.0 Å². The highest BCUT2D eigenvalue weighted by Gasteiger charge is 2.30. The van der Waals surface area contributed by atoms with Crippen LogP contribution in [0.4, 0.5) is 0 Å². The second kappa shape index (κ2) is 9.14. The van der Waals surface area contributed by atoms with Crippen molar-refractivity contribution in [1.29, 1.82) is 0 Å². The van der Waals surface area contributed by atoms with E-state index in [1.807, 2.05) is 0 Å². The molecular weight excluding hydrogens is 262 g/mol. The predicted octanol–water partition coefficient (Wildman–Crippen LogP) is 5.53. The maximum atomic E-state index is 4.04. The Morgan fingerprint density at radius 1 is 0.895 bits per heavy atom. The highest BCUT2D eigenvalue weighted by Crippen LogP contribution is 2.24. The third kappa shape index (κ3) is 8.10. The summed E-state index contributed by atoms with van der Waals surface area (Å²) in [6, 6.07) is 2.87. The Morgan fingerprint density at radius 2 is 1.37 bits per heavy atom. The van der Waals surface area contributed by atoms with Crippen molar-refractivity contribution in [1.82, 2.24) is 4.57 Å². The van der Waals surface area contributed by atoms with Crippen LogP contribution in [0.3, 0.4) is 0 Å². The van der Waals surface area contributed by atoms with Crippen LogP contribution < -0.4 is 0 Å². The van der Waals surface area contributed by atoms with E-state index in [0.717, 1.165) is 0 Å². The Morgan fingerprint density at radius 3 is 1.74 bits per heavy atom. The highest BCUT2D eigenvalue weighted by molar-refractivity contribution is 6.84. The molecule has 0 fully saturated rings. The van der Waals surface area contributed by atoms with E-state index in [2.05, 4.69) is 56.9 Å². The average molecular weight is 300 g/mol. The summed E-state index contributed by atoms with van der Waals surface area (Å²) in [4.78, 5) is 0. The van der Waals surface area contributed by atoms with Crippen molar-refractivity contribution in [2.24, 2.45) is 0 Å². The van der Waals surface area contributed by atoms with Gasteiger partial charge in [-0.05, 0) is 32.0 Å². The van der Waals surface area contributed by atoms with Crippen LogP contribution in [0.2, 0.25) is 38.3 Å². The quantitative estimate of drug-likeness (QED) is 0.454. The molecule has 0 atom stereocenters. The van der Waals surface area contributed by atoms with Crippen molar-refractivity contribution < 1.29 is 0 Å². The van der Waals surface area contributed by atoms with Crippen LogP contribution in [-0.2, 0) is 0 Å². The molecule has 0 saturated heterocycles. The van der Waals surface area contributed by atoms with Gasteiger partial charge in [0.05, 0.1) is 8.07 Å². The normalized spacial score (nSPS) is 13.0. The lowest BCUT2D eigenvalue weighted by Crippen LogP contribution is -2.50. The highest BCUT2D eigenvalue weighted by atomic mass is 28.3. The van der Waals surface area contributed by atoms with Crippen molar-refractivity contribution in [2.45, 2.75) is 77.8 Å². The van der Waals surface area contributed by atoms with E-state index in [0.29, 0.717) is 0 Å². The molecule has 0 amide bonds. The molecule has 0 radical (unpaired) electrons. The smallest absolute Gasteiger partial charge is 0.121 e. The van der Waals surface area contributed by atoms with Gasteiger partial charge in [-0.3, -0.25) is 0 Å². The van der Waals surface area contributed by atoms with Gasteiger partial charge in [-0.15, -0.1) is 12.3 Å². The number of hydrogen-bond acceptors (Lipinski definition) is 1. The number of nitrogens with zero attached hydrogens (tertiary/aromatic N) is 1. The summed E-state index contributed by atoms with van der Waals surface area (Å²) in [6.07, 6.45) is 5.37. The summed E-state index contributed by atoms with van der Waals surface area (Å²) in [6.45, 7) is 21.4. The first kappa shape index (κ1) is 19.1. The summed E-state index contributed by atoms with van der Waals surface area (Å²) in [7, 11) is -2.34. The predicted molar refractivity (Wildman–Crippen MR) is 96.2 cm³/mol. The summed E-state index contributed by atoms with van der Waals surface area (Å²) in [5, 5.41) is 0. The first-order valence-corrected chi connectivity index (χ1v) is 14.6. The van der Waals surface area contributed by atoms with E-state index in [1.54, 1.807) is 0 Å². The van der Waals surface area contributed by atoms with Crippen LogP contribution >= 0.6 is 0 Å². The minimum absolute atomic E-state index is 1.12. The van der Waals surface area contributed by atoms with Crippen molar-refractivity contribution in [3.05, 3.63) is 12.3 Å². The zero-order valence-electron chi connectivity index (χ0n) is 14.4. The number of unbranched alkanes of at least 4 members (excludes halogenated alkanes) is 2. The third-order valence-corrected chi connectivity index (χ3v) is 11.1. The van der Waals surface area contributed by atoms with Crippen LogP contribution in [0.5, 0.6) is 0 Å². The van der Waals surface area contributed by atoms with Crippen LogP contribution in [0.15, 0.2) is 12.3 Å². The Kier molecular flexibility index (Phi) is 9.20. The SMILES string of the molecule is C=C[Si](C)(C)CC[Si](C)(C)N(CCCC)CCCC. The molecule has 3 heteroatoms. The van der Waals surface area contributed by atoms with Gasteiger partial charge in [0.1, 0.15) is 8.24 Å². The van der Waals surface area contributed by atoms with Crippen molar-refractivity contribution in [2.75, 3.05) is 13.1 Å². The van der Waals surface area contributed by atoms with Gasteiger partial charge in [0.2, 0.25) is 0 Å². The molecule has 0 aromatic carbocycles. The molecule has 0 bridgehead atoms. The van der Waals surface area contributed by atoms with E-state index in [-0.39, 0.29) is 0 Å². The fourth-order valence-corrected chi connectivity index (χ4v) is 9.38. The van der Waals surface area contributed by atoms with Crippen molar-refractivity contribution in [3.63, 3.8) is 0 Å². The molecule has 0 aliphatic rings. The van der Waals surface area contributed by atoms with Gasteiger partial charge in [-0.25, -0.2) is 0 Å². The second-order valence-electron chi connectivity index (χ2n) is 7.20.